The summed E-state index contributed by atoms with van der Waals surface area (Å²) in [7, 11) is 0. The van der Waals surface area contributed by atoms with Gasteiger partial charge in [0.25, 0.3) is 5.91 Å². The largest absolute Gasteiger partial charge is 0.462 e. The first-order chi connectivity index (χ1) is 14.1. The van der Waals surface area contributed by atoms with Gasteiger partial charge in [-0.2, -0.15) is 5.26 Å². The van der Waals surface area contributed by atoms with Crippen LogP contribution < -0.4 is 10.6 Å². The van der Waals surface area contributed by atoms with Crippen molar-refractivity contribution in [3.05, 3.63) is 83.6 Å². The number of esters is 1. The normalized spacial score (nSPS) is 9.93. The van der Waals surface area contributed by atoms with E-state index in [0.29, 0.717) is 22.6 Å². The lowest BCUT2D eigenvalue weighted by atomic mass is 10.1. The number of ether oxygens (including phenoxy) is 1. The summed E-state index contributed by atoms with van der Waals surface area (Å²) in [6, 6.07) is 19.0. The Morgan fingerprint density at radius 1 is 1.07 bits per heavy atom. The minimum Gasteiger partial charge on any atom is -0.462 e. The van der Waals surface area contributed by atoms with Crippen molar-refractivity contribution in [3.63, 3.8) is 0 Å². The monoisotopic (exact) mass is 386 g/mol. The number of anilines is 3. The van der Waals surface area contributed by atoms with E-state index >= 15 is 0 Å². The molecule has 0 aliphatic rings. The highest BCUT2D eigenvalue weighted by atomic mass is 16.5. The van der Waals surface area contributed by atoms with Gasteiger partial charge in [0.15, 0.2) is 0 Å². The highest BCUT2D eigenvalue weighted by Crippen LogP contribution is 2.19. The number of hydrogen-bond acceptors (Lipinski definition) is 6. The Bertz CT molecular complexity index is 1050. The lowest BCUT2D eigenvalue weighted by Gasteiger charge is -2.11. The predicted molar refractivity (Wildman–Crippen MR) is 109 cm³/mol. The molecule has 0 bridgehead atoms. The van der Waals surface area contributed by atoms with Gasteiger partial charge in [-0.3, -0.25) is 4.79 Å². The van der Waals surface area contributed by atoms with Crippen LogP contribution >= 0.6 is 0 Å². The molecule has 0 aliphatic heterocycles. The van der Waals surface area contributed by atoms with E-state index in [-0.39, 0.29) is 18.1 Å². The second kappa shape index (κ2) is 9.15. The molecule has 0 atom stereocenters. The molecule has 1 heterocycles. The van der Waals surface area contributed by atoms with Crippen LogP contribution in [0.25, 0.3) is 0 Å². The molecule has 144 valence electrons. The molecular weight excluding hydrogens is 368 g/mol. The number of hydrogen-bond donors (Lipinski definition) is 2. The summed E-state index contributed by atoms with van der Waals surface area (Å²) < 4.78 is 5.01. The molecule has 2 aromatic carbocycles. The molecule has 0 saturated heterocycles. The Kier molecular flexibility index (Phi) is 6.18. The number of nitrogens with zero attached hydrogens (tertiary/aromatic N) is 2. The number of rotatable bonds is 6. The molecule has 2 N–H and O–H groups in total. The fourth-order valence-electron chi connectivity index (χ4n) is 2.55. The maximum atomic E-state index is 12.5. The van der Waals surface area contributed by atoms with Crippen molar-refractivity contribution in [2.75, 3.05) is 17.2 Å². The number of carbonyl (C=O) groups excluding carboxylic acids is 2. The van der Waals surface area contributed by atoms with Crippen molar-refractivity contribution in [1.29, 1.82) is 5.26 Å². The van der Waals surface area contributed by atoms with Crippen molar-refractivity contribution in [1.82, 2.24) is 4.98 Å². The van der Waals surface area contributed by atoms with E-state index in [9.17, 15) is 9.59 Å². The fourth-order valence-corrected chi connectivity index (χ4v) is 2.55. The van der Waals surface area contributed by atoms with Crippen LogP contribution in [0.15, 0.2) is 66.9 Å². The zero-order valence-corrected chi connectivity index (χ0v) is 15.7. The third-order valence-electron chi connectivity index (χ3n) is 3.98. The lowest BCUT2D eigenvalue weighted by Crippen LogP contribution is -2.16. The van der Waals surface area contributed by atoms with E-state index in [0.717, 1.165) is 5.69 Å². The molecule has 3 aromatic rings. The molecule has 0 radical (unpaired) electrons. The van der Waals surface area contributed by atoms with Crippen LogP contribution in [0.1, 0.15) is 33.2 Å². The first kappa shape index (κ1) is 19.6. The van der Waals surface area contributed by atoms with Crippen LogP contribution in [0.3, 0.4) is 0 Å². The summed E-state index contributed by atoms with van der Waals surface area (Å²) in [6.07, 6.45) is 1.44. The molecule has 0 aliphatic carbocycles. The van der Waals surface area contributed by atoms with Crippen molar-refractivity contribution >= 4 is 29.1 Å². The first-order valence-electron chi connectivity index (χ1n) is 8.91. The topological polar surface area (TPSA) is 104 Å². The van der Waals surface area contributed by atoms with E-state index in [4.69, 9.17) is 10.00 Å². The Morgan fingerprint density at radius 2 is 1.83 bits per heavy atom. The SMILES string of the molecule is CCOC(=O)c1ccccc1NC(=O)c1ccc(Nc2ccc(C#N)cc2)nc1. The lowest BCUT2D eigenvalue weighted by molar-refractivity contribution is 0.0527. The van der Waals surface area contributed by atoms with Gasteiger partial charge in [-0.1, -0.05) is 12.1 Å². The minimum atomic E-state index is -0.497. The summed E-state index contributed by atoms with van der Waals surface area (Å²) in [4.78, 5) is 28.8. The molecule has 7 heteroatoms. The highest BCUT2D eigenvalue weighted by Gasteiger charge is 2.15. The molecule has 1 amide bonds. The maximum absolute atomic E-state index is 12.5. The average molecular weight is 386 g/mol. The molecule has 0 fully saturated rings. The van der Waals surface area contributed by atoms with Crippen molar-refractivity contribution in [2.45, 2.75) is 6.92 Å². The maximum Gasteiger partial charge on any atom is 0.340 e. The van der Waals surface area contributed by atoms with Crippen LogP contribution in [0, 0.1) is 11.3 Å². The molecule has 29 heavy (non-hydrogen) atoms. The van der Waals surface area contributed by atoms with Crippen LogP contribution in [0.5, 0.6) is 0 Å². The Labute approximate surface area is 168 Å². The molecule has 0 saturated carbocycles. The zero-order chi connectivity index (χ0) is 20.6. The molecule has 1 aromatic heterocycles. The fraction of sp³-hybridized carbons (Fsp3) is 0.0909. The summed E-state index contributed by atoms with van der Waals surface area (Å²) in [5, 5.41) is 14.6. The highest BCUT2D eigenvalue weighted by molar-refractivity contribution is 6.07. The van der Waals surface area contributed by atoms with Crippen molar-refractivity contribution in [2.24, 2.45) is 0 Å². The number of para-hydroxylation sites is 1. The zero-order valence-electron chi connectivity index (χ0n) is 15.7. The Hall–Kier alpha value is -4.18. The van der Waals surface area contributed by atoms with E-state index in [1.807, 2.05) is 0 Å². The van der Waals surface area contributed by atoms with E-state index in [1.165, 1.54) is 6.20 Å². The predicted octanol–water partition coefficient (Wildman–Crippen LogP) is 4.13. The van der Waals surface area contributed by atoms with E-state index in [2.05, 4.69) is 21.7 Å². The Balaban J connectivity index is 1.69. The summed E-state index contributed by atoms with van der Waals surface area (Å²) in [5.74, 6) is -0.333. The van der Waals surface area contributed by atoms with E-state index < -0.39 is 5.97 Å². The van der Waals surface area contributed by atoms with E-state index in [1.54, 1.807) is 67.6 Å². The third kappa shape index (κ3) is 4.96. The van der Waals surface area contributed by atoms with Crippen LogP contribution in [0.4, 0.5) is 17.2 Å². The number of amides is 1. The van der Waals surface area contributed by atoms with Crippen LogP contribution in [-0.4, -0.2) is 23.5 Å². The summed E-state index contributed by atoms with van der Waals surface area (Å²) >= 11 is 0. The van der Waals surface area contributed by atoms with Gasteiger partial charge in [0.1, 0.15) is 5.82 Å². The number of benzene rings is 2. The quantitative estimate of drug-likeness (QED) is 0.618. The average Bonchev–Trinajstić information content (AvgIpc) is 2.75. The summed E-state index contributed by atoms with van der Waals surface area (Å²) in [6.45, 7) is 1.97. The first-order valence-corrected chi connectivity index (χ1v) is 8.91. The second-order valence-electron chi connectivity index (χ2n) is 5.97. The summed E-state index contributed by atoms with van der Waals surface area (Å²) in [5.41, 5.74) is 2.34. The van der Waals surface area contributed by atoms with Gasteiger partial charge in [0, 0.05) is 11.9 Å². The molecule has 0 spiro atoms. The number of nitriles is 1. The van der Waals surface area contributed by atoms with Crippen LogP contribution in [0.2, 0.25) is 0 Å². The number of nitrogens with one attached hydrogen (secondary N) is 2. The van der Waals surface area contributed by atoms with Gasteiger partial charge >= 0.3 is 5.97 Å². The molecule has 7 nitrogen and oxygen atoms in total. The minimum absolute atomic E-state index is 0.249. The Morgan fingerprint density at radius 3 is 2.48 bits per heavy atom. The van der Waals surface area contributed by atoms with Gasteiger partial charge < -0.3 is 15.4 Å². The van der Waals surface area contributed by atoms with Gasteiger partial charge in [0.05, 0.1) is 35.1 Å². The van der Waals surface area contributed by atoms with Gasteiger partial charge in [-0.05, 0) is 55.5 Å². The second-order valence-corrected chi connectivity index (χ2v) is 5.97. The van der Waals surface area contributed by atoms with Crippen molar-refractivity contribution < 1.29 is 14.3 Å². The number of carbonyl (C=O) groups is 2. The van der Waals surface area contributed by atoms with Gasteiger partial charge in [-0.15, -0.1) is 0 Å². The van der Waals surface area contributed by atoms with Gasteiger partial charge in [0.2, 0.25) is 0 Å². The number of aromatic nitrogens is 1. The molecule has 3 rings (SSSR count). The molecular formula is C22H18N4O3. The smallest absolute Gasteiger partial charge is 0.340 e. The standard InChI is InChI=1S/C22H18N4O3/c1-2-29-22(28)18-5-3-4-6-19(18)26-21(27)16-9-12-20(24-14-16)25-17-10-7-15(13-23)8-11-17/h3-12,14H,2H2,1H3,(H,24,25)(H,26,27). The van der Waals surface area contributed by atoms with Crippen LogP contribution in [-0.2, 0) is 4.74 Å². The van der Waals surface area contributed by atoms with Gasteiger partial charge in [-0.25, -0.2) is 9.78 Å². The third-order valence-corrected chi connectivity index (χ3v) is 3.98. The number of pyridine rings is 1. The molecule has 0 unspecified atom stereocenters. The van der Waals surface area contributed by atoms with Crippen molar-refractivity contribution in [3.8, 4) is 6.07 Å².